The Morgan fingerprint density at radius 2 is 1.94 bits per heavy atom. The first kappa shape index (κ1) is 13.4. The van der Waals surface area contributed by atoms with Crippen molar-refractivity contribution in [2.75, 3.05) is 6.54 Å². The molecule has 0 bridgehead atoms. The zero-order valence-electron chi connectivity index (χ0n) is 11.3. The molecule has 1 atom stereocenters. The number of carbonyl (C=O) groups excluding carboxylic acids is 2. The van der Waals surface area contributed by atoms with E-state index in [1.165, 1.54) is 6.42 Å². The molecule has 2 aliphatic rings. The molecule has 0 aromatic heterocycles. The summed E-state index contributed by atoms with van der Waals surface area (Å²) in [6.45, 7) is 2.78. The van der Waals surface area contributed by atoms with Crippen LogP contribution in [0.3, 0.4) is 0 Å². The van der Waals surface area contributed by atoms with Gasteiger partial charge in [0.25, 0.3) is 0 Å². The lowest BCUT2D eigenvalue weighted by Crippen LogP contribution is -2.50. The zero-order valence-corrected chi connectivity index (χ0v) is 11.3. The van der Waals surface area contributed by atoms with Gasteiger partial charge in [-0.25, -0.2) is 0 Å². The molecule has 2 amide bonds. The lowest BCUT2D eigenvalue weighted by Gasteiger charge is -2.33. The van der Waals surface area contributed by atoms with E-state index >= 15 is 0 Å². The van der Waals surface area contributed by atoms with Crippen molar-refractivity contribution in [3.63, 3.8) is 0 Å². The third-order valence-corrected chi connectivity index (χ3v) is 4.35. The molecule has 102 valence electrons. The van der Waals surface area contributed by atoms with Crippen LogP contribution in [0.5, 0.6) is 0 Å². The smallest absolute Gasteiger partial charge is 0.242 e. The molecule has 0 radical (unpaired) electrons. The van der Waals surface area contributed by atoms with E-state index in [0.29, 0.717) is 0 Å². The monoisotopic (exact) mass is 252 g/mol. The molecular formula is C14H24N2O2. The molecule has 0 unspecified atom stereocenters. The molecule has 18 heavy (non-hydrogen) atoms. The van der Waals surface area contributed by atoms with Crippen molar-refractivity contribution in [1.29, 1.82) is 0 Å². The van der Waals surface area contributed by atoms with Gasteiger partial charge >= 0.3 is 0 Å². The highest BCUT2D eigenvalue weighted by atomic mass is 16.2. The minimum absolute atomic E-state index is 0.0136. The van der Waals surface area contributed by atoms with Crippen LogP contribution in [0.15, 0.2) is 0 Å². The fourth-order valence-electron chi connectivity index (χ4n) is 2.97. The number of hydrogen-bond donors (Lipinski definition) is 2. The van der Waals surface area contributed by atoms with Crippen molar-refractivity contribution in [3.05, 3.63) is 0 Å². The van der Waals surface area contributed by atoms with Gasteiger partial charge in [0, 0.05) is 12.0 Å². The molecule has 1 aliphatic heterocycles. The lowest BCUT2D eigenvalue weighted by atomic mass is 9.75. The van der Waals surface area contributed by atoms with Gasteiger partial charge in [0.15, 0.2) is 0 Å². The van der Waals surface area contributed by atoms with E-state index in [1.807, 2.05) is 6.92 Å². The molecule has 0 spiro atoms. The maximum absolute atomic E-state index is 12.4. The molecule has 2 N–H and O–H groups in total. The normalized spacial score (nSPS) is 28.1. The standard InChI is InChI=1S/C14H24N2O2/c1-14(8-4-2-5-9-14)13(18)16-11-7-3-6-10-15-12(11)17/h11H,2-10H2,1H3,(H,15,17)(H,16,18)/t11-/m0/s1. The molecule has 2 rings (SSSR count). The van der Waals surface area contributed by atoms with Crippen molar-refractivity contribution in [3.8, 4) is 0 Å². The van der Waals surface area contributed by atoms with Crippen molar-refractivity contribution in [2.24, 2.45) is 5.41 Å². The second-order valence-corrected chi connectivity index (χ2v) is 5.93. The van der Waals surface area contributed by atoms with Gasteiger partial charge in [-0.2, -0.15) is 0 Å². The maximum atomic E-state index is 12.4. The van der Waals surface area contributed by atoms with Gasteiger partial charge in [-0.15, -0.1) is 0 Å². The molecule has 0 aromatic rings. The van der Waals surface area contributed by atoms with Crippen LogP contribution in [0, 0.1) is 5.41 Å². The molecule has 1 saturated carbocycles. The quantitative estimate of drug-likeness (QED) is 0.786. The summed E-state index contributed by atoms with van der Waals surface area (Å²) >= 11 is 0. The maximum Gasteiger partial charge on any atom is 0.242 e. The predicted octanol–water partition coefficient (Wildman–Crippen LogP) is 1.74. The highest BCUT2D eigenvalue weighted by molar-refractivity contribution is 5.90. The Labute approximate surface area is 109 Å². The van der Waals surface area contributed by atoms with Crippen LogP contribution in [-0.4, -0.2) is 24.4 Å². The molecule has 1 saturated heterocycles. The number of carbonyl (C=O) groups is 2. The van der Waals surface area contributed by atoms with Gasteiger partial charge in [0.1, 0.15) is 6.04 Å². The molecule has 1 heterocycles. The number of amides is 2. The first-order valence-electron chi connectivity index (χ1n) is 7.20. The summed E-state index contributed by atoms with van der Waals surface area (Å²) in [5.41, 5.74) is -0.259. The van der Waals surface area contributed by atoms with E-state index in [-0.39, 0.29) is 23.3 Å². The van der Waals surface area contributed by atoms with Crippen molar-refractivity contribution < 1.29 is 9.59 Å². The van der Waals surface area contributed by atoms with Gasteiger partial charge in [0.05, 0.1) is 0 Å². The summed E-state index contributed by atoms with van der Waals surface area (Å²) in [6.07, 6.45) is 8.16. The van der Waals surface area contributed by atoms with E-state index in [9.17, 15) is 9.59 Å². The van der Waals surface area contributed by atoms with Crippen molar-refractivity contribution >= 4 is 11.8 Å². The Balaban J connectivity index is 1.94. The van der Waals surface area contributed by atoms with Crippen LogP contribution >= 0.6 is 0 Å². The topological polar surface area (TPSA) is 58.2 Å². The summed E-state index contributed by atoms with van der Waals surface area (Å²) in [6, 6.07) is -0.321. The Bertz CT molecular complexity index is 322. The third-order valence-electron chi connectivity index (χ3n) is 4.35. The van der Waals surface area contributed by atoms with E-state index < -0.39 is 0 Å². The Hall–Kier alpha value is -1.06. The van der Waals surface area contributed by atoms with Crippen LogP contribution in [0.25, 0.3) is 0 Å². The van der Waals surface area contributed by atoms with Gasteiger partial charge in [-0.1, -0.05) is 26.2 Å². The Morgan fingerprint density at radius 1 is 1.22 bits per heavy atom. The van der Waals surface area contributed by atoms with Gasteiger partial charge in [-0.05, 0) is 32.1 Å². The second kappa shape index (κ2) is 5.72. The average molecular weight is 252 g/mol. The molecule has 1 aliphatic carbocycles. The first-order chi connectivity index (χ1) is 8.62. The molecule has 4 nitrogen and oxygen atoms in total. The van der Waals surface area contributed by atoms with Crippen LogP contribution in [0.2, 0.25) is 0 Å². The highest BCUT2D eigenvalue weighted by Gasteiger charge is 2.36. The summed E-state index contributed by atoms with van der Waals surface area (Å²) in [5.74, 6) is 0.0597. The minimum Gasteiger partial charge on any atom is -0.354 e. The summed E-state index contributed by atoms with van der Waals surface area (Å²) in [4.78, 5) is 24.2. The van der Waals surface area contributed by atoms with E-state index in [4.69, 9.17) is 0 Å². The highest BCUT2D eigenvalue weighted by Crippen LogP contribution is 2.36. The second-order valence-electron chi connectivity index (χ2n) is 5.93. The number of hydrogen-bond acceptors (Lipinski definition) is 2. The van der Waals surface area contributed by atoms with Gasteiger partial charge in [0.2, 0.25) is 11.8 Å². The van der Waals surface area contributed by atoms with Crippen LogP contribution in [-0.2, 0) is 9.59 Å². The molecule has 2 fully saturated rings. The van der Waals surface area contributed by atoms with E-state index in [0.717, 1.165) is 51.5 Å². The fraction of sp³-hybridized carbons (Fsp3) is 0.857. The molecule has 4 heteroatoms. The van der Waals surface area contributed by atoms with Crippen LogP contribution in [0.4, 0.5) is 0 Å². The van der Waals surface area contributed by atoms with Crippen molar-refractivity contribution in [1.82, 2.24) is 10.6 Å². The number of rotatable bonds is 2. The third kappa shape index (κ3) is 3.03. The Morgan fingerprint density at radius 3 is 2.67 bits per heavy atom. The Kier molecular flexibility index (Phi) is 4.25. The molecule has 0 aromatic carbocycles. The summed E-state index contributed by atoms with van der Waals surface area (Å²) in [5, 5.41) is 5.83. The van der Waals surface area contributed by atoms with Gasteiger partial charge in [-0.3, -0.25) is 9.59 Å². The van der Waals surface area contributed by atoms with Crippen LogP contribution in [0.1, 0.15) is 58.3 Å². The molecular weight excluding hydrogens is 228 g/mol. The predicted molar refractivity (Wildman–Crippen MR) is 70.0 cm³/mol. The van der Waals surface area contributed by atoms with E-state index in [2.05, 4.69) is 10.6 Å². The van der Waals surface area contributed by atoms with Crippen LogP contribution < -0.4 is 10.6 Å². The summed E-state index contributed by atoms with van der Waals surface area (Å²) < 4.78 is 0. The van der Waals surface area contributed by atoms with E-state index in [1.54, 1.807) is 0 Å². The largest absolute Gasteiger partial charge is 0.354 e. The minimum atomic E-state index is -0.321. The summed E-state index contributed by atoms with van der Waals surface area (Å²) in [7, 11) is 0. The fourth-order valence-corrected chi connectivity index (χ4v) is 2.97. The lowest BCUT2D eigenvalue weighted by molar-refractivity contribution is -0.136. The van der Waals surface area contributed by atoms with Gasteiger partial charge < -0.3 is 10.6 Å². The van der Waals surface area contributed by atoms with Crippen molar-refractivity contribution in [2.45, 2.75) is 64.3 Å². The zero-order chi connectivity index (χ0) is 13.0. The number of nitrogens with one attached hydrogen (secondary N) is 2. The average Bonchev–Trinajstić information content (AvgIpc) is 2.56. The first-order valence-corrected chi connectivity index (χ1v) is 7.20. The SMILES string of the molecule is CC1(C(=O)N[C@H]2CCCCNC2=O)CCCCC1.